The monoisotopic (exact) mass is 347 g/mol. The molecule has 132 valence electrons. The smallest absolute Gasteiger partial charge is 0.346 e. The Balaban J connectivity index is 2.04. The van der Waals surface area contributed by atoms with Gasteiger partial charge in [-0.05, 0) is 36.8 Å². The van der Waals surface area contributed by atoms with E-state index in [1.165, 1.54) is 26.4 Å². The molecule has 0 saturated carbocycles. The van der Waals surface area contributed by atoms with Crippen molar-refractivity contribution < 1.29 is 28.2 Å². The number of anilines is 1. The quantitative estimate of drug-likeness (QED) is 0.813. The van der Waals surface area contributed by atoms with Crippen LogP contribution in [0.25, 0.3) is 0 Å². The molecule has 0 unspecified atom stereocenters. The molecule has 2 aromatic rings. The van der Waals surface area contributed by atoms with E-state index in [0.717, 1.165) is 5.56 Å². The van der Waals surface area contributed by atoms with E-state index in [-0.39, 0.29) is 22.7 Å². The number of esters is 1. The molecule has 6 nitrogen and oxygen atoms in total. The van der Waals surface area contributed by atoms with Crippen molar-refractivity contribution in [2.24, 2.45) is 0 Å². The zero-order chi connectivity index (χ0) is 18.4. The molecule has 0 fully saturated rings. The molecule has 0 saturated heterocycles. The van der Waals surface area contributed by atoms with Crippen molar-refractivity contribution in [1.29, 1.82) is 0 Å². The summed E-state index contributed by atoms with van der Waals surface area (Å²) in [6.07, 6.45) is 0. The Morgan fingerprint density at radius 2 is 1.72 bits per heavy atom. The minimum atomic E-state index is -0.783. The van der Waals surface area contributed by atoms with Crippen LogP contribution in [0.5, 0.6) is 11.5 Å². The third-order valence-electron chi connectivity index (χ3n) is 3.36. The number of benzene rings is 2. The normalized spacial score (nSPS) is 10.1. The third kappa shape index (κ3) is 4.47. The first-order valence-electron chi connectivity index (χ1n) is 7.40. The summed E-state index contributed by atoms with van der Waals surface area (Å²) in [5.41, 5.74) is 0.813. The summed E-state index contributed by atoms with van der Waals surface area (Å²) in [6, 6.07) is 9.18. The lowest BCUT2D eigenvalue weighted by Gasteiger charge is -2.12. The minimum absolute atomic E-state index is 0.0153. The lowest BCUT2D eigenvalue weighted by molar-refractivity contribution is -0.119. The van der Waals surface area contributed by atoms with Crippen molar-refractivity contribution in [2.45, 2.75) is 6.92 Å². The standard InChI is InChI=1S/C18H18FNO5/c1-11-7-8-13(12(19)9-11)20-16(21)10-25-18(22)17-14(23-2)5-4-6-15(17)24-3/h4-9H,10H2,1-3H3,(H,20,21). The van der Waals surface area contributed by atoms with Crippen LogP contribution in [0.15, 0.2) is 36.4 Å². The first-order valence-corrected chi connectivity index (χ1v) is 7.40. The number of carbonyl (C=O) groups excluding carboxylic acids is 2. The fourth-order valence-electron chi connectivity index (χ4n) is 2.16. The second kappa shape index (κ2) is 8.14. The van der Waals surface area contributed by atoms with Gasteiger partial charge < -0.3 is 19.5 Å². The molecule has 0 bridgehead atoms. The molecule has 2 aromatic carbocycles. The lowest BCUT2D eigenvalue weighted by Crippen LogP contribution is -2.22. The molecule has 0 radical (unpaired) electrons. The van der Waals surface area contributed by atoms with E-state index in [1.807, 2.05) is 0 Å². The Morgan fingerprint density at radius 1 is 1.08 bits per heavy atom. The lowest BCUT2D eigenvalue weighted by atomic mass is 10.2. The third-order valence-corrected chi connectivity index (χ3v) is 3.36. The van der Waals surface area contributed by atoms with Crippen molar-refractivity contribution in [3.05, 3.63) is 53.3 Å². The van der Waals surface area contributed by atoms with E-state index in [0.29, 0.717) is 0 Å². The van der Waals surface area contributed by atoms with Gasteiger partial charge in [-0.2, -0.15) is 0 Å². The highest BCUT2D eigenvalue weighted by Crippen LogP contribution is 2.28. The van der Waals surface area contributed by atoms with Crippen LogP contribution in [-0.2, 0) is 9.53 Å². The van der Waals surface area contributed by atoms with E-state index in [1.54, 1.807) is 31.2 Å². The molecule has 25 heavy (non-hydrogen) atoms. The SMILES string of the molecule is COc1cccc(OC)c1C(=O)OCC(=O)Nc1ccc(C)cc1F. The van der Waals surface area contributed by atoms with Gasteiger partial charge in [0.25, 0.3) is 5.91 Å². The van der Waals surface area contributed by atoms with E-state index in [4.69, 9.17) is 14.2 Å². The Labute approximate surface area is 144 Å². The number of halogens is 1. The fourth-order valence-corrected chi connectivity index (χ4v) is 2.16. The highest BCUT2D eigenvalue weighted by Gasteiger charge is 2.20. The average molecular weight is 347 g/mol. The summed E-state index contributed by atoms with van der Waals surface area (Å²) < 4.78 is 28.9. The molecule has 0 heterocycles. The topological polar surface area (TPSA) is 73.9 Å². The van der Waals surface area contributed by atoms with Crippen LogP contribution < -0.4 is 14.8 Å². The van der Waals surface area contributed by atoms with Gasteiger partial charge in [-0.1, -0.05) is 12.1 Å². The van der Waals surface area contributed by atoms with E-state index in [2.05, 4.69) is 5.32 Å². The number of hydrogen-bond acceptors (Lipinski definition) is 5. The molecule has 0 aliphatic carbocycles. The van der Waals surface area contributed by atoms with Gasteiger partial charge in [0, 0.05) is 0 Å². The average Bonchev–Trinajstić information content (AvgIpc) is 2.61. The highest BCUT2D eigenvalue weighted by molar-refractivity contribution is 5.98. The molecule has 0 spiro atoms. The number of rotatable bonds is 6. The first kappa shape index (κ1) is 18.3. The number of carbonyl (C=O) groups is 2. The van der Waals surface area contributed by atoms with Gasteiger partial charge in [-0.25, -0.2) is 9.18 Å². The first-order chi connectivity index (χ1) is 12.0. The molecular formula is C18H18FNO5. The molecule has 0 aliphatic rings. The van der Waals surface area contributed by atoms with Crippen LogP contribution >= 0.6 is 0 Å². The van der Waals surface area contributed by atoms with E-state index >= 15 is 0 Å². The van der Waals surface area contributed by atoms with Crippen molar-refractivity contribution in [1.82, 2.24) is 0 Å². The van der Waals surface area contributed by atoms with Crippen LogP contribution in [0, 0.1) is 12.7 Å². The predicted molar refractivity (Wildman–Crippen MR) is 89.6 cm³/mol. The summed E-state index contributed by atoms with van der Waals surface area (Å²) in [4.78, 5) is 24.1. The van der Waals surface area contributed by atoms with Gasteiger partial charge >= 0.3 is 5.97 Å². The number of nitrogens with one attached hydrogen (secondary N) is 1. The van der Waals surface area contributed by atoms with Gasteiger partial charge in [-0.15, -0.1) is 0 Å². The van der Waals surface area contributed by atoms with Crippen LogP contribution in [-0.4, -0.2) is 32.7 Å². The summed E-state index contributed by atoms with van der Waals surface area (Å²) in [6.45, 7) is 1.16. The Hall–Kier alpha value is -3.09. The Kier molecular flexibility index (Phi) is 5.94. The number of ether oxygens (including phenoxy) is 3. The maximum absolute atomic E-state index is 13.7. The van der Waals surface area contributed by atoms with Crippen molar-refractivity contribution in [3.8, 4) is 11.5 Å². The van der Waals surface area contributed by atoms with Gasteiger partial charge in [0.1, 0.15) is 22.9 Å². The summed E-state index contributed by atoms with van der Waals surface area (Å²) >= 11 is 0. The molecule has 1 amide bonds. The van der Waals surface area contributed by atoms with Gasteiger partial charge in [-0.3, -0.25) is 4.79 Å². The Bertz CT molecular complexity index is 769. The second-order valence-corrected chi connectivity index (χ2v) is 5.15. The van der Waals surface area contributed by atoms with Gasteiger partial charge in [0.15, 0.2) is 6.61 Å². The van der Waals surface area contributed by atoms with Gasteiger partial charge in [0.05, 0.1) is 19.9 Å². The predicted octanol–water partition coefficient (Wildman–Crippen LogP) is 2.95. The minimum Gasteiger partial charge on any atom is -0.496 e. The highest BCUT2D eigenvalue weighted by atomic mass is 19.1. The number of amides is 1. The molecule has 0 atom stereocenters. The maximum atomic E-state index is 13.7. The number of aryl methyl sites for hydroxylation is 1. The molecule has 0 aliphatic heterocycles. The maximum Gasteiger partial charge on any atom is 0.346 e. The summed E-state index contributed by atoms with van der Waals surface area (Å²) in [5, 5.41) is 2.35. The number of hydrogen-bond donors (Lipinski definition) is 1. The van der Waals surface area contributed by atoms with Crippen LogP contribution in [0.2, 0.25) is 0 Å². The summed E-state index contributed by atoms with van der Waals surface area (Å²) in [5.74, 6) is -1.49. The van der Waals surface area contributed by atoms with Crippen molar-refractivity contribution in [3.63, 3.8) is 0 Å². The van der Waals surface area contributed by atoms with Gasteiger partial charge in [0.2, 0.25) is 0 Å². The van der Waals surface area contributed by atoms with Crippen LogP contribution in [0.3, 0.4) is 0 Å². The Morgan fingerprint density at radius 3 is 2.28 bits per heavy atom. The molecule has 7 heteroatoms. The van der Waals surface area contributed by atoms with Crippen LogP contribution in [0.4, 0.5) is 10.1 Å². The summed E-state index contributed by atoms with van der Waals surface area (Å²) in [7, 11) is 2.80. The second-order valence-electron chi connectivity index (χ2n) is 5.15. The molecule has 0 aromatic heterocycles. The molecular weight excluding hydrogens is 329 g/mol. The number of methoxy groups -OCH3 is 2. The van der Waals surface area contributed by atoms with E-state index in [9.17, 15) is 14.0 Å². The van der Waals surface area contributed by atoms with Crippen LogP contribution in [0.1, 0.15) is 15.9 Å². The van der Waals surface area contributed by atoms with E-state index < -0.39 is 24.3 Å². The zero-order valence-corrected chi connectivity index (χ0v) is 14.1. The molecule has 1 N–H and O–H groups in total. The fraction of sp³-hybridized carbons (Fsp3) is 0.222. The largest absolute Gasteiger partial charge is 0.496 e. The van der Waals surface area contributed by atoms with Crippen molar-refractivity contribution >= 4 is 17.6 Å². The van der Waals surface area contributed by atoms with Crippen molar-refractivity contribution in [2.75, 3.05) is 26.1 Å². The molecule has 2 rings (SSSR count). The zero-order valence-electron chi connectivity index (χ0n) is 14.1.